The summed E-state index contributed by atoms with van der Waals surface area (Å²) in [6, 6.07) is 14.8. The molecule has 26 heavy (non-hydrogen) atoms. The van der Waals surface area contributed by atoms with Gasteiger partial charge in [0.15, 0.2) is 5.43 Å². The Kier molecular flexibility index (Phi) is 4.69. The van der Waals surface area contributed by atoms with Gasteiger partial charge in [-0.2, -0.15) is 0 Å². The number of amides is 1. The molecule has 0 bridgehead atoms. The van der Waals surface area contributed by atoms with Crippen LogP contribution in [0.3, 0.4) is 0 Å². The minimum absolute atomic E-state index is 0.0107. The van der Waals surface area contributed by atoms with Gasteiger partial charge in [-0.3, -0.25) is 9.59 Å². The number of carbonyl (C=O) groups excluding carboxylic acids is 1. The zero-order chi connectivity index (χ0) is 17.9. The Morgan fingerprint density at radius 3 is 2.35 bits per heavy atom. The summed E-state index contributed by atoms with van der Waals surface area (Å²) in [5.41, 5.74) is 1.51. The number of pyridine rings is 1. The van der Waals surface area contributed by atoms with Crippen LogP contribution in [0.4, 0.5) is 0 Å². The number of benzene rings is 2. The number of nitrogens with one attached hydrogen (secondary N) is 1. The first-order valence-corrected chi connectivity index (χ1v) is 8.70. The Balaban J connectivity index is 1.65. The largest absolute Gasteiger partial charge is 0.355 e. The molecule has 134 valence electrons. The van der Waals surface area contributed by atoms with Crippen molar-refractivity contribution in [1.82, 2.24) is 9.88 Å². The molecule has 2 aromatic carbocycles. The van der Waals surface area contributed by atoms with E-state index in [9.17, 15) is 9.59 Å². The molecule has 4 rings (SSSR count). The highest BCUT2D eigenvalue weighted by Crippen LogP contribution is 2.19. The van der Waals surface area contributed by atoms with Crippen molar-refractivity contribution in [3.63, 3.8) is 0 Å². The van der Waals surface area contributed by atoms with Gasteiger partial charge in [0.25, 0.3) is 0 Å². The van der Waals surface area contributed by atoms with Crippen LogP contribution in [-0.2, 0) is 20.8 Å². The first-order chi connectivity index (χ1) is 12.7. The minimum Gasteiger partial charge on any atom is -0.355 e. The number of aromatic nitrogens is 1. The lowest BCUT2D eigenvalue weighted by molar-refractivity contribution is -0.141. The molecule has 1 unspecified atom stereocenters. The van der Waals surface area contributed by atoms with Gasteiger partial charge in [0.05, 0.1) is 23.7 Å². The van der Waals surface area contributed by atoms with Crippen molar-refractivity contribution in [2.45, 2.75) is 19.1 Å². The maximum Gasteiger partial charge on any atom is 0.240 e. The molecular weight excluding hydrogens is 332 g/mol. The number of rotatable bonds is 4. The first-order valence-electron chi connectivity index (χ1n) is 8.70. The molecular formula is C20H20N2O4. The zero-order valence-corrected chi connectivity index (χ0v) is 14.3. The van der Waals surface area contributed by atoms with Gasteiger partial charge >= 0.3 is 0 Å². The van der Waals surface area contributed by atoms with Crippen molar-refractivity contribution in [2.75, 3.05) is 19.9 Å². The zero-order valence-electron chi connectivity index (χ0n) is 14.3. The number of fused-ring (bicyclic) bond motifs is 2. The summed E-state index contributed by atoms with van der Waals surface area (Å²) in [4.78, 5) is 25.2. The molecule has 1 saturated heterocycles. The maximum absolute atomic E-state index is 12.7. The molecule has 1 amide bonds. The number of para-hydroxylation sites is 2. The fraction of sp³-hybridized carbons (Fsp3) is 0.300. The fourth-order valence-corrected chi connectivity index (χ4v) is 3.34. The minimum atomic E-state index is -0.112. The third kappa shape index (κ3) is 3.21. The van der Waals surface area contributed by atoms with Crippen LogP contribution < -0.4 is 10.7 Å². The van der Waals surface area contributed by atoms with Gasteiger partial charge in [-0.05, 0) is 30.7 Å². The van der Waals surface area contributed by atoms with E-state index in [0.29, 0.717) is 23.9 Å². The van der Waals surface area contributed by atoms with Gasteiger partial charge in [0, 0.05) is 17.3 Å². The molecule has 6 heteroatoms. The lowest BCUT2D eigenvalue weighted by Crippen LogP contribution is -2.38. The molecule has 1 N–H and O–H groups in total. The van der Waals surface area contributed by atoms with Crippen LogP contribution >= 0.6 is 0 Å². The lowest BCUT2D eigenvalue weighted by atomic mass is 10.1. The van der Waals surface area contributed by atoms with Crippen LogP contribution in [0.15, 0.2) is 53.3 Å². The Morgan fingerprint density at radius 2 is 1.73 bits per heavy atom. The van der Waals surface area contributed by atoms with Crippen LogP contribution in [0.1, 0.15) is 6.42 Å². The molecule has 3 aromatic rings. The summed E-state index contributed by atoms with van der Waals surface area (Å²) in [5, 5.41) is 4.16. The third-order valence-electron chi connectivity index (χ3n) is 4.68. The van der Waals surface area contributed by atoms with E-state index >= 15 is 0 Å². The van der Waals surface area contributed by atoms with E-state index in [0.717, 1.165) is 17.5 Å². The summed E-state index contributed by atoms with van der Waals surface area (Å²) in [5.74, 6) is -0.112. The second-order valence-corrected chi connectivity index (χ2v) is 6.36. The Hall–Kier alpha value is -2.70. The number of nitrogens with zero attached hydrogens (tertiary/aromatic N) is 1. The quantitative estimate of drug-likeness (QED) is 0.730. The summed E-state index contributed by atoms with van der Waals surface area (Å²) < 4.78 is 12.5. The van der Waals surface area contributed by atoms with E-state index < -0.39 is 0 Å². The maximum atomic E-state index is 12.7. The highest BCUT2D eigenvalue weighted by Gasteiger charge is 2.16. The van der Waals surface area contributed by atoms with Crippen molar-refractivity contribution in [3.05, 3.63) is 58.8 Å². The second-order valence-electron chi connectivity index (χ2n) is 6.36. The van der Waals surface area contributed by atoms with E-state index in [1.807, 2.05) is 41.0 Å². The summed E-state index contributed by atoms with van der Waals surface area (Å²) >= 11 is 0. The van der Waals surface area contributed by atoms with E-state index in [1.54, 1.807) is 12.1 Å². The fourth-order valence-electron chi connectivity index (χ4n) is 3.34. The lowest BCUT2D eigenvalue weighted by Gasteiger charge is -2.23. The van der Waals surface area contributed by atoms with E-state index in [4.69, 9.17) is 9.47 Å². The van der Waals surface area contributed by atoms with Crippen molar-refractivity contribution < 1.29 is 14.3 Å². The molecule has 1 fully saturated rings. The van der Waals surface area contributed by atoms with Gasteiger partial charge in [0.1, 0.15) is 13.3 Å². The first kappa shape index (κ1) is 16.8. The average molecular weight is 352 g/mol. The standard InChI is InChI=1S/C20H20N2O4/c23-19(21-11-14-9-10-25-13-26-14)12-22-17-7-3-1-5-15(17)20(24)16-6-2-4-8-18(16)22/h1-8,14H,9-13H2,(H,21,23). The highest BCUT2D eigenvalue weighted by atomic mass is 16.7. The van der Waals surface area contributed by atoms with Crippen LogP contribution in [0.2, 0.25) is 0 Å². The number of hydrogen-bond donors (Lipinski definition) is 1. The Bertz CT molecular complexity index is 946. The molecule has 0 saturated carbocycles. The highest BCUT2D eigenvalue weighted by molar-refractivity contribution is 5.94. The van der Waals surface area contributed by atoms with E-state index in [2.05, 4.69) is 5.32 Å². The molecule has 1 aliphatic rings. The van der Waals surface area contributed by atoms with Crippen molar-refractivity contribution in [2.24, 2.45) is 0 Å². The van der Waals surface area contributed by atoms with Gasteiger partial charge in [-0.15, -0.1) is 0 Å². The third-order valence-corrected chi connectivity index (χ3v) is 4.68. The van der Waals surface area contributed by atoms with Crippen molar-refractivity contribution in [1.29, 1.82) is 0 Å². The molecule has 2 heterocycles. The summed E-state index contributed by atoms with van der Waals surface area (Å²) in [7, 11) is 0. The number of hydrogen-bond acceptors (Lipinski definition) is 4. The smallest absolute Gasteiger partial charge is 0.240 e. The van der Waals surface area contributed by atoms with Crippen molar-refractivity contribution >= 4 is 27.7 Å². The Labute approximate surface area is 150 Å². The predicted octanol–water partition coefficient (Wildman–Crippen LogP) is 2.03. The van der Waals surface area contributed by atoms with Gasteiger partial charge in [-0.25, -0.2) is 0 Å². The molecule has 0 aliphatic carbocycles. The van der Waals surface area contributed by atoms with Crippen LogP contribution in [0.5, 0.6) is 0 Å². The van der Waals surface area contributed by atoms with Gasteiger partial charge < -0.3 is 19.4 Å². The second kappa shape index (κ2) is 7.27. The summed E-state index contributed by atoms with van der Waals surface area (Å²) in [6.45, 7) is 1.52. The van der Waals surface area contributed by atoms with E-state index in [-0.39, 0.29) is 30.8 Å². The molecule has 1 aliphatic heterocycles. The number of carbonyl (C=O) groups is 1. The monoisotopic (exact) mass is 352 g/mol. The predicted molar refractivity (Wildman–Crippen MR) is 99.0 cm³/mol. The Morgan fingerprint density at radius 1 is 1.08 bits per heavy atom. The molecule has 1 atom stereocenters. The van der Waals surface area contributed by atoms with Gasteiger partial charge in [-0.1, -0.05) is 24.3 Å². The van der Waals surface area contributed by atoms with Crippen molar-refractivity contribution in [3.8, 4) is 0 Å². The molecule has 1 aromatic heterocycles. The summed E-state index contributed by atoms with van der Waals surface area (Å²) in [6.07, 6.45) is 0.750. The molecule has 0 radical (unpaired) electrons. The molecule has 6 nitrogen and oxygen atoms in total. The van der Waals surface area contributed by atoms with Gasteiger partial charge in [0.2, 0.25) is 5.91 Å². The average Bonchev–Trinajstić information content (AvgIpc) is 2.70. The SMILES string of the molecule is O=C(Cn1c2ccccc2c(=O)c2ccccc21)NCC1CCOCO1. The van der Waals surface area contributed by atoms with Crippen LogP contribution in [-0.4, -0.2) is 36.5 Å². The van der Waals surface area contributed by atoms with E-state index in [1.165, 1.54) is 0 Å². The topological polar surface area (TPSA) is 69.6 Å². The molecule has 0 spiro atoms. The normalized spacial score (nSPS) is 17.5. The number of ether oxygens (including phenoxy) is 2. The van der Waals surface area contributed by atoms with Crippen LogP contribution in [0, 0.1) is 0 Å². The van der Waals surface area contributed by atoms with Crippen LogP contribution in [0.25, 0.3) is 21.8 Å².